The van der Waals surface area contributed by atoms with Gasteiger partial charge in [-0.25, -0.2) is 0 Å². The molecule has 0 unspecified atom stereocenters. The van der Waals surface area contributed by atoms with E-state index in [4.69, 9.17) is 4.74 Å². The van der Waals surface area contributed by atoms with Gasteiger partial charge in [-0.3, -0.25) is 14.6 Å². The Hall–Kier alpha value is -1.74. The molecular weight excluding hydrogens is 363 g/mol. The van der Waals surface area contributed by atoms with E-state index in [0.717, 1.165) is 4.90 Å². The summed E-state index contributed by atoms with van der Waals surface area (Å²) in [4.78, 5) is 40.8. The molecule has 138 valence electrons. The van der Waals surface area contributed by atoms with Crippen LogP contribution in [0.1, 0.15) is 19.4 Å². The van der Waals surface area contributed by atoms with Gasteiger partial charge in [0.15, 0.2) is 0 Å². The molecule has 0 aromatic carbocycles. The molecular formula is C18H19N2NaO6. The van der Waals surface area contributed by atoms with E-state index in [1.807, 2.05) is 0 Å². The second kappa shape index (κ2) is 8.52. The normalized spacial score (nSPS) is 24.6. The van der Waals surface area contributed by atoms with Gasteiger partial charge in [0, 0.05) is 18.3 Å². The Morgan fingerprint density at radius 2 is 2.15 bits per heavy atom. The molecule has 0 saturated carbocycles. The third-order valence-electron chi connectivity index (χ3n) is 4.97. The van der Waals surface area contributed by atoms with Crippen LogP contribution in [-0.2, 0) is 25.5 Å². The number of carbonyl (C=O) groups excluding carboxylic acids is 3. The molecule has 2 aliphatic rings. The summed E-state index contributed by atoms with van der Waals surface area (Å²) in [7, 11) is 0. The van der Waals surface area contributed by atoms with Gasteiger partial charge in [0.2, 0.25) is 5.91 Å². The van der Waals surface area contributed by atoms with Gasteiger partial charge < -0.3 is 24.6 Å². The molecule has 1 saturated heterocycles. The Balaban J connectivity index is 0.00000261. The number of nitrogens with zero attached hydrogens (tertiary/aromatic N) is 2. The maximum Gasteiger partial charge on any atom is 1.00 e. The number of fused-ring (bicyclic) bond motifs is 1. The minimum Gasteiger partial charge on any atom is -0.543 e. The molecule has 1 N–H and O–H groups in total. The maximum absolute atomic E-state index is 12.2. The van der Waals surface area contributed by atoms with E-state index in [9.17, 15) is 24.6 Å². The van der Waals surface area contributed by atoms with Crippen LogP contribution in [0.25, 0.3) is 0 Å². The number of carbonyl (C=O) groups is 3. The number of hydrogen-bond donors (Lipinski definition) is 1. The molecule has 3 rings (SSSR count). The molecule has 1 amide bonds. The molecule has 1 fully saturated rings. The Morgan fingerprint density at radius 3 is 2.70 bits per heavy atom. The van der Waals surface area contributed by atoms with Crippen LogP contribution in [0.4, 0.5) is 0 Å². The summed E-state index contributed by atoms with van der Waals surface area (Å²) in [6.45, 7) is 3.01. The van der Waals surface area contributed by atoms with Crippen molar-refractivity contribution in [2.24, 2.45) is 11.8 Å². The Bertz CT molecular complexity index is 779. The summed E-state index contributed by atoms with van der Waals surface area (Å²) in [6, 6.07) is 2.98. The summed E-state index contributed by atoms with van der Waals surface area (Å²) in [5.74, 6) is -3.49. The van der Waals surface area contributed by atoms with Crippen molar-refractivity contribution in [3.05, 3.63) is 41.4 Å². The number of pyridine rings is 1. The largest absolute Gasteiger partial charge is 1.00 e. The number of aromatic nitrogens is 1. The van der Waals surface area contributed by atoms with E-state index < -0.39 is 35.9 Å². The number of carboxylic acids is 1. The number of amides is 1. The van der Waals surface area contributed by atoms with Gasteiger partial charge in [-0.2, -0.15) is 0 Å². The van der Waals surface area contributed by atoms with E-state index in [0.29, 0.717) is 11.1 Å². The van der Waals surface area contributed by atoms with Crippen molar-refractivity contribution >= 4 is 17.8 Å². The summed E-state index contributed by atoms with van der Waals surface area (Å²) >= 11 is 0. The molecule has 0 spiro atoms. The minimum absolute atomic E-state index is 0. The smallest absolute Gasteiger partial charge is 0.543 e. The molecule has 27 heavy (non-hydrogen) atoms. The zero-order valence-electron chi connectivity index (χ0n) is 15.4. The van der Waals surface area contributed by atoms with Crippen LogP contribution in [-0.4, -0.2) is 51.6 Å². The first-order valence-electron chi connectivity index (χ1n) is 8.33. The molecule has 1 aromatic rings. The van der Waals surface area contributed by atoms with Gasteiger partial charge in [0.25, 0.3) is 0 Å². The van der Waals surface area contributed by atoms with Gasteiger partial charge in [0.1, 0.15) is 6.61 Å². The second-order valence-corrected chi connectivity index (χ2v) is 6.61. The third-order valence-corrected chi connectivity index (χ3v) is 4.97. The molecule has 0 bridgehead atoms. The van der Waals surface area contributed by atoms with Gasteiger partial charge in [0.05, 0.1) is 36.2 Å². The average molecular weight is 382 g/mol. The average Bonchev–Trinajstić information content (AvgIpc) is 2.82. The number of hydrogen-bond acceptors (Lipinski definition) is 7. The number of esters is 1. The van der Waals surface area contributed by atoms with Crippen molar-refractivity contribution in [1.29, 1.82) is 0 Å². The topological polar surface area (TPSA) is 120 Å². The van der Waals surface area contributed by atoms with Crippen LogP contribution in [0.3, 0.4) is 0 Å². The van der Waals surface area contributed by atoms with Gasteiger partial charge >= 0.3 is 35.5 Å². The summed E-state index contributed by atoms with van der Waals surface area (Å²) in [5.41, 5.74) is 0.754. The second-order valence-electron chi connectivity index (χ2n) is 6.61. The van der Waals surface area contributed by atoms with Crippen molar-refractivity contribution in [2.45, 2.75) is 32.4 Å². The predicted molar refractivity (Wildman–Crippen MR) is 85.9 cm³/mol. The van der Waals surface area contributed by atoms with E-state index in [2.05, 4.69) is 4.98 Å². The van der Waals surface area contributed by atoms with Gasteiger partial charge in [-0.05, 0) is 24.1 Å². The molecule has 2 aliphatic heterocycles. The van der Waals surface area contributed by atoms with Gasteiger partial charge in [-0.15, -0.1) is 0 Å². The van der Waals surface area contributed by atoms with Crippen LogP contribution in [0.15, 0.2) is 35.8 Å². The van der Waals surface area contributed by atoms with Crippen molar-refractivity contribution in [3.63, 3.8) is 0 Å². The minimum atomic E-state index is -1.49. The summed E-state index contributed by atoms with van der Waals surface area (Å²) < 4.78 is 5.22. The van der Waals surface area contributed by atoms with E-state index in [1.165, 1.54) is 6.92 Å². The molecule has 9 heteroatoms. The van der Waals surface area contributed by atoms with Crippen LogP contribution < -0.4 is 34.7 Å². The zero-order valence-corrected chi connectivity index (χ0v) is 17.4. The number of rotatable bonds is 6. The predicted octanol–water partition coefficient (Wildman–Crippen LogP) is -3.97. The number of aliphatic hydroxyl groups excluding tert-OH is 1. The van der Waals surface area contributed by atoms with Crippen molar-refractivity contribution in [1.82, 2.24) is 9.88 Å². The van der Waals surface area contributed by atoms with Crippen LogP contribution in [0.5, 0.6) is 0 Å². The molecule has 8 nitrogen and oxygen atoms in total. The Kier molecular flexibility index (Phi) is 6.80. The van der Waals surface area contributed by atoms with E-state index >= 15 is 0 Å². The van der Waals surface area contributed by atoms with Crippen molar-refractivity contribution in [2.75, 3.05) is 6.61 Å². The first-order valence-corrected chi connectivity index (χ1v) is 8.33. The molecule has 4 atom stereocenters. The van der Waals surface area contributed by atoms with Crippen molar-refractivity contribution in [3.8, 4) is 0 Å². The Labute approximate surface area is 178 Å². The molecule has 1 aromatic heterocycles. The SMILES string of the molecule is C[C@@H](O)[C@H]1C(=O)N2C(C(=O)[O-])=C(COC(=O)Cc3cccnc3)[C@H](C)[C@H]12.[Na+]. The fourth-order valence-corrected chi connectivity index (χ4v) is 3.70. The fourth-order valence-electron chi connectivity index (χ4n) is 3.70. The molecule has 3 heterocycles. The van der Waals surface area contributed by atoms with Crippen LogP contribution >= 0.6 is 0 Å². The number of aliphatic carboxylic acids is 1. The molecule has 0 aliphatic carbocycles. The molecule has 0 radical (unpaired) electrons. The number of β-lactam (4-membered cyclic amide) rings is 1. The summed E-state index contributed by atoms with van der Waals surface area (Å²) in [5, 5.41) is 21.3. The summed E-state index contributed by atoms with van der Waals surface area (Å²) in [6.07, 6.45) is 2.26. The van der Waals surface area contributed by atoms with Crippen molar-refractivity contribution < 1.29 is 58.9 Å². The first-order chi connectivity index (χ1) is 12.3. The number of carboxylic acid groups (broad SMARTS) is 1. The van der Waals surface area contributed by atoms with Crippen LogP contribution in [0, 0.1) is 11.8 Å². The van der Waals surface area contributed by atoms with Gasteiger partial charge in [-0.1, -0.05) is 13.0 Å². The van der Waals surface area contributed by atoms with E-state index in [-0.39, 0.29) is 54.2 Å². The quantitative estimate of drug-likeness (QED) is 0.303. The zero-order chi connectivity index (χ0) is 19.0. The first kappa shape index (κ1) is 21.6. The third kappa shape index (κ3) is 3.94. The maximum atomic E-state index is 12.2. The monoisotopic (exact) mass is 382 g/mol. The van der Waals surface area contributed by atoms with E-state index in [1.54, 1.807) is 31.5 Å². The fraction of sp³-hybridized carbons (Fsp3) is 0.444. The number of aliphatic hydroxyl groups is 1. The standard InChI is InChI=1S/C18H20N2O6.Na/c1-9-12(8-26-13(22)6-11-4-3-5-19-7-11)16(18(24)25)20-15(9)14(10(2)21)17(20)23;/h3-5,7,9-10,14-15,21H,6,8H2,1-2H3,(H,24,25);/q;+1/p-1/t9-,10+,14+,15+;/m0./s1. The number of ether oxygens (including phenoxy) is 1. The van der Waals surface area contributed by atoms with Crippen LogP contribution in [0.2, 0.25) is 0 Å². The Morgan fingerprint density at radius 1 is 1.44 bits per heavy atom.